The van der Waals surface area contributed by atoms with Crippen molar-refractivity contribution in [2.75, 3.05) is 19.0 Å². The van der Waals surface area contributed by atoms with E-state index in [1.54, 1.807) is 25.3 Å². The van der Waals surface area contributed by atoms with Crippen molar-refractivity contribution in [1.82, 2.24) is 4.90 Å². The van der Waals surface area contributed by atoms with Crippen LogP contribution in [0, 0.1) is 6.92 Å². The van der Waals surface area contributed by atoms with Gasteiger partial charge in [0.05, 0.1) is 4.91 Å². The Hall–Kier alpha value is -2.64. The van der Waals surface area contributed by atoms with E-state index >= 15 is 0 Å². The molecule has 1 fully saturated rings. The number of ether oxygens (including phenoxy) is 1. The van der Waals surface area contributed by atoms with E-state index in [0.717, 1.165) is 16.8 Å². The van der Waals surface area contributed by atoms with Crippen LogP contribution in [-0.2, 0) is 9.59 Å². The summed E-state index contributed by atoms with van der Waals surface area (Å²) in [5.41, 5.74) is 2.73. The molecule has 7 heteroatoms. The fourth-order valence-corrected chi connectivity index (χ4v) is 3.52. The maximum Gasteiger partial charge on any atom is 0.265 e. The molecule has 1 aliphatic heterocycles. The normalized spacial score (nSPS) is 15.3. The first-order chi connectivity index (χ1) is 12.9. The average Bonchev–Trinajstić information content (AvgIpc) is 2.90. The Morgan fingerprint density at radius 3 is 2.44 bits per heavy atom. The van der Waals surface area contributed by atoms with Gasteiger partial charge in [-0.2, -0.15) is 0 Å². The second-order valence-electron chi connectivity index (χ2n) is 6.01. The molecule has 2 amide bonds. The monoisotopic (exact) mass is 398 g/mol. The summed E-state index contributed by atoms with van der Waals surface area (Å²) in [4.78, 5) is 26.0. The summed E-state index contributed by atoms with van der Waals surface area (Å²) < 4.78 is 6.06. The standard InChI is InChI=1S/C20H18N2O3S2/c1-13-3-7-15(8-4-13)21-18(23)12-25-16-9-5-14(6-10-16)11-17-19(24)22(2)20(26)27-17/h3-11H,12H2,1-2H3,(H,21,23)/b17-11-. The Labute approximate surface area is 167 Å². The van der Waals surface area contributed by atoms with Gasteiger partial charge in [-0.3, -0.25) is 14.5 Å². The molecule has 3 rings (SSSR count). The van der Waals surface area contributed by atoms with Crippen LogP contribution in [0.2, 0.25) is 0 Å². The summed E-state index contributed by atoms with van der Waals surface area (Å²) in [6.45, 7) is 1.91. The molecule has 0 aromatic heterocycles. The maximum absolute atomic E-state index is 12.0. The third-order valence-corrected chi connectivity index (χ3v) is 5.35. The minimum absolute atomic E-state index is 0.0816. The molecule has 1 heterocycles. The number of hydrogen-bond acceptors (Lipinski definition) is 5. The van der Waals surface area contributed by atoms with Crippen LogP contribution in [0.15, 0.2) is 53.4 Å². The number of aryl methyl sites for hydroxylation is 1. The van der Waals surface area contributed by atoms with Crippen LogP contribution in [-0.4, -0.2) is 34.7 Å². The number of nitrogens with zero attached hydrogens (tertiary/aromatic N) is 1. The second-order valence-corrected chi connectivity index (χ2v) is 7.69. The van der Waals surface area contributed by atoms with Crippen molar-refractivity contribution in [2.24, 2.45) is 0 Å². The first kappa shape index (κ1) is 19.1. The summed E-state index contributed by atoms with van der Waals surface area (Å²) in [6, 6.07) is 14.7. The summed E-state index contributed by atoms with van der Waals surface area (Å²) in [5, 5.41) is 2.78. The Bertz CT molecular complexity index is 906. The van der Waals surface area contributed by atoms with E-state index in [4.69, 9.17) is 17.0 Å². The van der Waals surface area contributed by atoms with Gasteiger partial charge in [0.25, 0.3) is 11.8 Å². The van der Waals surface area contributed by atoms with Crippen LogP contribution in [0.25, 0.3) is 6.08 Å². The van der Waals surface area contributed by atoms with Crippen LogP contribution >= 0.6 is 24.0 Å². The highest BCUT2D eigenvalue weighted by molar-refractivity contribution is 8.26. The van der Waals surface area contributed by atoms with Crippen molar-refractivity contribution >= 4 is 51.9 Å². The smallest absolute Gasteiger partial charge is 0.265 e. The topological polar surface area (TPSA) is 58.6 Å². The molecule has 0 aliphatic carbocycles. The molecule has 5 nitrogen and oxygen atoms in total. The zero-order valence-electron chi connectivity index (χ0n) is 14.9. The minimum atomic E-state index is -0.227. The molecule has 0 saturated carbocycles. The second kappa shape index (κ2) is 8.37. The van der Waals surface area contributed by atoms with E-state index in [1.807, 2.05) is 43.3 Å². The highest BCUT2D eigenvalue weighted by Crippen LogP contribution is 2.31. The lowest BCUT2D eigenvalue weighted by Crippen LogP contribution is -2.22. The summed E-state index contributed by atoms with van der Waals surface area (Å²) >= 11 is 6.40. The largest absolute Gasteiger partial charge is 0.484 e. The molecule has 0 spiro atoms. The van der Waals surface area contributed by atoms with Gasteiger partial charge in [-0.15, -0.1) is 0 Å². The highest BCUT2D eigenvalue weighted by atomic mass is 32.2. The number of thiocarbonyl (C=S) groups is 1. The van der Waals surface area contributed by atoms with Gasteiger partial charge >= 0.3 is 0 Å². The van der Waals surface area contributed by atoms with Crippen molar-refractivity contribution in [3.8, 4) is 5.75 Å². The zero-order chi connectivity index (χ0) is 19.4. The number of hydrogen-bond donors (Lipinski definition) is 1. The Kier molecular flexibility index (Phi) is 5.93. The fourth-order valence-electron chi connectivity index (χ4n) is 2.34. The van der Waals surface area contributed by atoms with Gasteiger partial charge < -0.3 is 10.1 Å². The van der Waals surface area contributed by atoms with Gasteiger partial charge in [-0.05, 0) is 42.8 Å². The minimum Gasteiger partial charge on any atom is -0.484 e. The molecule has 138 valence electrons. The van der Waals surface area contributed by atoms with Crippen LogP contribution < -0.4 is 10.1 Å². The lowest BCUT2D eigenvalue weighted by molar-refractivity contribution is -0.121. The van der Waals surface area contributed by atoms with Gasteiger partial charge in [0, 0.05) is 12.7 Å². The van der Waals surface area contributed by atoms with E-state index in [-0.39, 0.29) is 18.4 Å². The Balaban J connectivity index is 1.55. The first-order valence-electron chi connectivity index (χ1n) is 8.23. The van der Waals surface area contributed by atoms with Crippen molar-refractivity contribution in [1.29, 1.82) is 0 Å². The number of carbonyl (C=O) groups excluding carboxylic acids is 2. The highest BCUT2D eigenvalue weighted by Gasteiger charge is 2.28. The maximum atomic E-state index is 12.0. The molecular formula is C20H18N2O3S2. The number of anilines is 1. The fraction of sp³-hybridized carbons (Fsp3) is 0.150. The van der Waals surface area contributed by atoms with Crippen LogP contribution in [0.5, 0.6) is 5.75 Å². The molecular weight excluding hydrogens is 380 g/mol. The molecule has 27 heavy (non-hydrogen) atoms. The van der Waals surface area contributed by atoms with Gasteiger partial charge in [0.2, 0.25) is 0 Å². The molecule has 1 N–H and O–H groups in total. The number of amides is 2. The molecule has 0 atom stereocenters. The SMILES string of the molecule is Cc1ccc(NC(=O)COc2ccc(/C=C3\SC(=S)N(C)C3=O)cc2)cc1. The van der Waals surface area contributed by atoms with Gasteiger partial charge in [0.1, 0.15) is 10.1 Å². The van der Waals surface area contributed by atoms with Crippen LogP contribution in [0.3, 0.4) is 0 Å². The lowest BCUT2D eigenvalue weighted by Gasteiger charge is -2.08. The lowest BCUT2D eigenvalue weighted by atomic mass is 10.2. The number of thioether (sulfide) groups is 1. The molecule has 0 radical (unpaired) electrons. The van der Waals surface area contributed by atoms with E-state index < -0.39 is 0 Å². The average molecular weight is 399 g/mol. The molecule has 2 aromatic carbocycles. The third kappa shape index (κ3) is 4.96. The van der Waals surface area contributed by atoms with Crippen molar-refractivity contribution in [3.63, 3.8) is 0 Å². The van der Waals surface area contributed by atoms with Gasteiger partial charge in [-0.25, -0.2) is 0 Å². The number of likely N-dealkylation sites (N-methyl/N-ethyl adjacent to an activating group) is 1. The number of nitrogens with one attached hydrogen (secondary N) is 1. The summed E-state index contributed by atoms with van der Waals surface area (Å²) in [6.07, 6.45) is 1.79. The molecule has 1 saturated heterocycles. The Morgan fingerprint density at radius 1 is 1.19 bits per heavy atom. The Morgan fingerprint density at radius 2 is 1.85 bits per heavy atom. The summed E-state index contributed by atoms with van der Waals surface area (Å²) in [5.74, 6) is 0.252. The number of benzene rings is 2. The molecule has 1 aliphatic rings. The molecule has 2 aromatic rings. The number of rotatable bonds is 5. The van der Waals surface area contributed by atoms with Gasteiger partial charge in [-0.1, -0.05) is 53.8 Å². The quantitative estimate of drug-likeness (QED) is 0.613. The number of carbonyl (C=O) groups is 2. The van der Waals surface area contributed by atoms with Crippen LogP contribution in [0.1, 0.15) is 11.1 Å². The van der Waals surface area contributed by atoms with E-state index in [2.05, 4.69) is 5.32 Å². The summed E-state index contributed by atoms with van der Waals surface area (Å²) in [7, 11) is 1.66. The first-order valence-corrected chi connectivity index (χ1v) is 9.46. The molecule has 0 bridgehead atoms. The van der Waals surface area contributed by atoms with E-state index in [0.29, 0.717) is 15.0 Å². The van der Waals surface area contributed by atoms with Gasteiger partial charge in [0.15, 0.2) is 6.61 Å². The van der Waals surface area contributed by atoms with E-state index in [9.17, 15) is 9.59 Å². The molecule has 0 unspecified atom stereocenters. The van der Waals surface area contributed by atoms with Crippen LogP contribution in [0.4, 0.5) is 5.69 Å². The zero-order valence-corrected chi connectivity index (χ0v) is 16.5. The predicted molar refractivity (Wildman–Crippen MR) is 113 cm³/mol. The predicted octanol–water partition coefficient (Wildman–Crippen LogP) is 3.84. The van der Waals surface area contributed by atoms with Crippen molar-refractivity contribution in [3.05, 3.63) is 64.6 Å². The van der Waals surface area contributed by atoms with E-state index in [1.165, 1.54) is 16.7 Å². The van der Waals surface area contributed by atoms with Crippen molar-refractivity contribution < 1.29 is 14.3 Å². The van der Waals surface area contributed by atoms with Crippen molar-refractivity contribution in [2.45, 2.75) is 6.92 Å². The third-order valence-electron chi connectivity index (χ3n) is 3.87.